The molecule has 0 N–H and O–H groups in total. The van der Waals surface area contributed by atoms with E-state index in [-0.39, 0.29) is 11.7 Å². The average molecular weight is 217 g/mol. The maximum atomic E-state index is 11.1. The summed E-state index contributed by atoms with van der Waals surface area (Å²) >= 11 is 11.3. The van der Waals surface area contributed by atoms with Crippen LogP contribution in [0.3, 0.4) is 0 Å². The average Bonchev–Trinajstić information content (AvgIpc) is 2.11. The van der Waals surface area contributed by atoms with E-state index in [1.54, 1.807) is 6.07 Å². The lowest BCUT2D eigenvalue weighted by Crippen LogP contribution is -2.04. The van der Waals surface area contributed by atoms with Crippen LogP contribution in [0, 0.1) is 6.92 Å². The van der Waals surface area contributed by atoms with Gasteiger partial charge in [0.1, 0.15) is 0 Å². The normalized spacial score (nSPS) is 10.1. The summed E-state index contributed by atoms with van der Waals surface area (Å²) in [6.45, 7) is 1.96. The van der Waals surface area contributed by atoms with Crippen LogP contribution < -0.4 is 0 Å². The number of hydrogen-bond acceptors (Lipinski definition) is 1. The van der Waals surface area contributed by atoms with E-state index < -0.39 is 0 Å². The van der Waals surface area contributed by atoms with E-state index in [2.05, 4.69) is 0 Å². The molecule has 0 aliphatic heterocycles. The molecule has 1 aromatic rings. The Bertz CT molecular complexity index is 321. The van der Waals surface area contributed by atoms with Gasteiger partial charge in [-0.2, -0.15) is 0 Å². The van der Waals surface area contributed by atoms with Crippen molar-refractivity contribution in [2.24, 2.45) is 0 Å². The van der Waals surface area contributed by atoms with Gasteiger partial charge in [-0.25, -0.2) is 0 Å². The monoisotopic (exact) mass is 216 g/mol. The number of benzene rings is 1. The van der Waals surface area contributed by atoms with Gasteiger partial charge < -0.3 is 0 Å². The van der Waals surface area contributed by atoms with E-state index in [0.717, 1.165) is 11.1 Å². The van der Waals surface area contributed by atoms with E-state index in [9.17, 15) is 4.79 Å². The Balaban J connectivity index is 2.87. The minimum absolute atomic E-state index is 0.00540. The lowest BCUT2D eigenvalue weighted by atomic mass is 10.1. The molecule has 0 bridgehead atoms. The fourth-order valence-corrected chi connectivity index (χ4v) is 1.38. The van der Waals surface area contributed by atoms with E-state index in [4.69, 9.17) is 23.2 Å². The van der Waals surface area contributed by atoms with Crippen LogP contribution in [0.1, 0.15) is 11.1 Å². The first kappa shape index (κ1) is 10.6. The predicted molar refractivity (Wildman–Crippen MR) is 55.6 cm³/mol. The third-order valence-electron chi connectivity index (χ3n) is 1.74. The lowest BCUT2D eigenvalue weighted by molar-refractivity contribution is -0.116. The Morgan fingerprint density at radius 2 is 2.15 bits per heavy atom. The zero-order chi connectivity index (χ0) is 9.84. The summed E-state index contributed by atoms with van der Waals surface area (Å²) in [5.41, 5.74) is 1.95. The second-order valence-electron chi connectivity index (χ2n) is 2.94. The van der Waals surface area contributed by atoms with Gasteiger partial charge in [0.15, 0.2) is 5.78 Å². The summed E-state index contributed by atoms with van der Waals surface area (Å²) in [4.78, 5) is 11.1. The highest BCUT2D eigenvalue weighted by molar-refractivity contribution is 6.32. The Labute approximate surface area is 87.7 Å². The van der Waals surface area contributed by atoms with E-state index in [0.29, 0.717) is 11.4 Å². The predicted octanol–water partition coefficient (Wildman–Crippen LogP) is 3.00. The molecule has 0 unspecified atom stereocenters. The van der Waals surface area contributed by atoms with Crippen LogP contribution in [0.5, 0.6) is 0 Å². The van der Waals surface area contributed by atoms with Gasteiger partial charge in [-0.05, 0) is 18.6 Å². The topological polar surface area (TPSA) is 17.1 Å². The third kappa shape index (κ3) is 3.02. The van der Waals surface area contributed by atoms with Crippen molar-refractivity contribution in [1.29, 1.82) is 0 Å². The number of alkyl halides is 1. The molecule has 1 nitrogen and oxygen atoms in total. The molecule has 0 heterocycles. The van der Waals surface area contributed by atoms with Crippen molar-refractivity contribution in [2.75, 3.05) is 5.88 Å². The Kier molecular flexibility index (Phi) is 3.76. The molecule has 1 rings (SSSR count). The van der Waals surface area contributed by atoms with E-state index in [1.165, 1.54) is 0 Å². The molecular weight excluding hydrogens is 207 g/mol. The first-order valence-corrected chi connectivity index (χ1v) is 4.87. The van der Waals surface area contributed by atoms with Crippen molar-refractivity contribution in [3.05, 3.63) is 34.3 Å². The summed E-state index contributed by atoms with van der Waals surface area (Å²) < 4.78 is 0. The zero-order valence-electron chi connectivity index (χ0n) is 7.31. The number of aryl methyl sites for hydroxylation is 1. The minimum atomic E-state index is -0.00540. The summed E-state index contributed by atoms with van der Waals surface area (Å²) in [6.07, 6.45) is 0.323. The van der Waals surface area contributed by atoms with Crippen molar-refractivity contribution in [2.45, 2.75) is 13.3 Å². The summed E-state index contributed by atoms with van der Waals surface area (Å²) in [7, 11) is 0. The number of ketones is 1. The highest BCUT2D eigenvalue weighted by Gasteiger charge is 2.05. The molecule has 70 valence electrons. The van der Waals surface area contributed by atoms with Crippen molar-refractivity contribution < 1.29 is 4.79 Å². The number of rotatable bonds is 3. The summed E-state index contributed by atoms with van der Waals surface area (Å²) in [5.74, 6) is 0.0405. The van der Waals surface area contributed by atoms with E-state index in [1.807, 2.05) is 19.1 Å². The van der Waals surface area contributed by atoms with Crippen LogP contribution >= 0.6 is 23.2 Å². The number of hydrogen-bond donors (Lipinski definition) is 0. The largest absolute Gasteiger partial charge is 0.298 e. The second kappa shape index (κ2) is 4.64. The molecule has 0 aliphatic carbocycles. The highest BCUT2D eigenvalue weighted by atomic mass is 35.5. The first-order chi connectivity index (χ1) is 6.13. The smallest absolute Gasteiger partial charge is 0.152 e. The molecule has 0 radical (unpaired) electrons. The molecule has 0 fully saturated rings. The van der Waals surface area contributed by atoms with Crippen molar-refractivity contribution >= 4 is 29.0 Å². The number of Topliss-reactive ketones (excluding diaryl/α,β-unsaturated/α-hetero) is 1. The summed E-state index contributed by atoms with van der Waals surface area (Å²) in [5, 5.41) is 0.629. The van der Waals surface area contributed by atoms with Crippen LogP contribution in [0.15, 0.2) is 18.2 Å². The maximum Gasteiger partial charge on any atom is 0.152 e. The van der Waals surface area contributed by atoms with Crippen LogP contribution in [0.4, 0.5) is 0 Å². The Morgan fingerprint density at radius 1 is 1.46 bits per heavy atom. The van der Waals surface area contributed by atoms with Crippen LogP contribution in [-0.4, -0.2) is 11.7 Å². The molecule has 0 aliphatic rings. The van der Waals surface area contributed by atoms with Crippen LogP contribution in [0.2, 0.25) is 5.02 Å². The van der Waals surface area contributed by atoms with Gasteiger partial charge in [0.05, 0.1) is 5.88 Å². The molecule has 13 heavy (non-hydrogen) atoms. The molecular formula is C10H10Cl2O. The fourth-order valence-electron chi connectivity index (χ4n) is 1.10. The maximum absolute atomic E-state index is 11.1. The van der Waals surface area contributed by atoms with Gasteiger partial charge in [-0.15, -0.1) is 11.6 Å². The van der Waals surface area contributed by atoms with Crippen molar-refractivity contribution in [1.82, 2.24) is 0 Å². The third-order valence-corrected chi connectivity index (χ3v) is 2.40. The quantitative estimate of drug-likeness (QED) is 0.711. The van der Waals surface area contributed by atoms with Crippen LogP contribution in [0.25, 0.3) is 0 Å². The highest BCUT2D eigenvalue weighted by Crippen LogP contribution is 2.18. The van der Waals surface area contributed by atoms with Crippen molar-refractivity contribution in [3.8, 4) is 0 Å². The Morgan fingerprint density at radius 3 is 2.77 bits per heavy atom. The zero-order valence-corrected chi connectivity index (χ0v) is 8.82. The van der Waals surface area contributed by atoms with E-state index >= 15 is 0 Å². The molecule has 1 aromatic carbocycles. The lowest BCUT2D eigenvalue weighted by Gasteiger charge is -2.03. The molecule has 3 heteroatoms. The molecule has 0 spiro atoms. The summed E-state index contributed by atoms with van der Waals surface area (Å²) in [6, 6.07) is 5.62. The molecule has 0 saturated heterocycles. The second-order valence-corrected chi connectivity index (χ2v) is 3.62. The van der Waals surface area contributed by atoms with Gasteiger partial charge in [-0.3, -0.25) is 4.79 Å². The first-order valence-electron chi connectivity index (χ1n) is 3.96. The van der Waals surface area contributed by atoms with Gasteiger partial charge in [0, 0.05) is 11.4 Å². The number of carbonyl (C=O) groups excluding carboxylic acids is 1. The molecule has 0 atom stereocenters. The number of carbonyl (C=O) groups is 1. The fraction of sp³-hybridized carbons (Fsp3) is 0.300. The number of halogens is 2. The molecule has 0 aromatic heterocycles. The van der Waals surface area contributed by atoms with Crippen LogP contribution in [-0.2, 0) is 11.2 Å². The molecule has 0 saturated carbocycles. The van der Waals surface area contributed by atoms with Gasteiger partial charge >= 0.3 is 0 Å². The van der Waals surface area contributed by atoms with Gasteiger partial charge in [0.2, 0.25) is 0 Å². The SMILES string of the molecule is Cc1ccc(Cl)c(CC(=O)CCl)c1. The standard InChI is InChI=1S/C10H10Cl2O/c1-7-2-3-10(12)8(4-7)5-9(13)6-11/h2-4H,5-6H2,1H3. The Hall–Kier alpha value is -0.530. The molecule has 0 amide bonds. The minimum Gasteiger partial charge on any atom is -0.298 e. The van der Waals surface area contributed by atoms with Crippen molar-refractivity contribution in [3.63, 3.8) is 0 Å². The van der Waals surface area contributed by atoms with Gasteiger partial charge in [-0.1, -0.05) is 29.3 Å². The van der Waals surface area contributed by atoms with Gasteiger partial charge in [0.25, 0.3) is 0 Å².